The van der Waals surface area contributed by atoms with Crippen molar-refractivity contribution in [3.8, 4) is 0 Å². The molecule has 1 saturated carbocycles. The summed E-state index contributed by atoms with van der Waals surface area (Å²) in [6.45, 7) is 5.06. The molecule has 0 N–H and O–H groups in total. The Hall–Kier alpha value is -0.790. The quantitative estimate of drug-likeness (QED) is 0.587. The first kappa shape index (κ1) is 7.84. The maximum Gasteiger partial charge on any atom is 0.298 e. The van der Waals surface area contributed by atoms with Crippen molar-refractivity contribution in [1.82, 2.24) is 0 Å². The van der Waals surface area contributed by atoms with Gasteiger partial charge in [-0.2, -0.15) is 0 Å². The van der Waals surface area contributed by atoms with Crippen LogP contribution in [-0.2, 0) is 9.53 Å². The van der Waals surface area contributed by atoms with Gasteiger partial charge >= 0.3 is 0 Å². The van der Waals surface area contributed by atoms with Gasteiger partial charge in [-0.25, -0.2) is 0 Å². The van der Waals surface area contributed by atoms with E-state index in [1.54, 1.807) is 0 Å². The number of hydrogen-bond acceptors (Lipinski definition) is 2. The normalized spacial score (nSPS) is 36.3. The lowest BCUT2D eigenvalue weighted by molar-refractivity contribution is -0.130. The van der Waals surface area contributed by atoms with Gasteiger partial charge in [0.05, 0.1) is 0 Å². The minimum absolute atomic E-state index is 0.354. The maximum absolute atomic E-state index is 10.2. The van der Waals surface area contributed by atoms with Crippen LogP contribution >= 0.6 is 0 Å². The Morgan fingerprint density at radius 3 is 2.92 bits per heavy atom. The summed E-state index contributed by atoms with van der Waals surface area (Å²) in [7, 11) is 0. The van der Waals surface area contributed by atoms with E-state index in [9.17, 15) is 4.79 Å². The fourth-order valence-electron chi connectivity index (χ4n) is 2.49. The molecule has 0 amide bonds. The summed E-state index contributed by atoms with van der Waals surface area (Å²) in [5.74, 6) is 2.19. The molecule has 3 aliphatic rings. The zero-order valence-corrected chi connectivity index (χ0v) is 7.54. The maximum atomic E-state index is 10.2. The van der Waals surface area contributed by atoms with E-state index >= 15 is 0 Å². The third-order valence-corrected chi connectivity index (χ3v) is 3.60. The highest BCUT2D eigenvalue weighted by molar-refractivity contribution is 5.41. The van der Waals surface area contributed by atoms with E-state index in [0.29, 0.717) is 17.8 Å². The zero-order chi connectivity index (χ0) is 8.77. The van der Waals surface area contributed by atoms with E-state index in [1.165, 1.54) is 6.42 Å². The van der Waals surface area contributed by atoms with Crippen LogP contribution in [0, 0.1) is 17.3 Å². The molecule has 0 saturated heterocycles. The average Bonchev–Trinajstić information content (AvgIpc) is 2.05. The molecule has 0 heterocycles. The summed E-state index contributed by atoms with van der Waals surface area (Å²) in [4.78, 5) is 10.2. The van der Waals surface area contributed by atoms with E-state index in [4.69, 9.17) is 4.74 Å². The Balaban J connectivity index is 2.18. The van der Waals surface area contributed by atoms with Crippen LogP contribution in [0.15, 0.2) is 11.8 Å². The number of rotatable bonds is 2. The highest BCUT2D eigenvalue weighted by atomic mass is 16.5. The SMILES string of the molecule is CC1(C)C2CC=C(OC=O)C1C2. The minimum Gasteiger partial charge on any atom is -0.433 e. The highest BCUT2D eigenvalue weighted by Gasteiger charge is 2.52. The molecule has 0 aromatic carbocycles. The smallest absolute Gasteiger partial charge is 0.298 e. The Labute approximate surface area is 72.6 Å². The first-order valence-corrected chi connectivity index (χ1v) is 4.46. The van der Waals surface area contributed by atoms with E-state index < -0.39 is 0 Å². The van der Waals surface area contributed by atoms with Gasteiger partial charge in [-0.1, -0.05) is 13.8 Å². The lowest BCUT2D eigenvalue weighted by Gasteiger charge is -2.55. The third-order valence-electron chi connectivity index (χ3n) is 3.60. The molecule has 0 spiro atoms. The van der Waals surface area contributed by atoms with Gasteiger partial charge in [-0.15, -0.1) is 0 Å². The van der Waals surface area contributed by atoms with Crippen LogP contribution in [0.3, 0.4) is 0 Å². The zero-order valence-electron chi connectivity index (χ0n) is 7.54. The largest absolute Gasteiger partial charge is 0.433 e. The van der Waals surface area contributed by atoms with Crippen molar-refractivity contribution in [1.29, 1.82) is 0 Å². The van der Waals surface area contributed by atoms with Crippen molar-refractivity contribution in [3.63, 3.8) is 0 Å². The molecule has 66 valence electrons. The molecule has 0 aliphatic heterocycles. The van der Waals surface area contributed by atoms with Gasteiger partial charge in [0.2, 0.25) is 0 Å². The topological polar surface area (TPSA) is 26.3 Å². The monoisotopic (exact) mass is 166 g/mol. The van der Waals surface area contributed by atoms with E-state index in [-0.39, 0.29) is 0 Å². The second-order valence-electron chi connectivity index (χ2n) is 4.36. The number of hydrogen-bond donors (Lipinski definition) is 0. The molecule has 3 rings (SSSR count). The van der Waals surface area contributed by atoms with Crippen molar-refractivity contribution >= 4 is 6.47 Å². The Morgan fingerprint density at radius 1 is 1.67 bits per heavy atom. The number of ether oxygens (including phenoxy) is 1. The number of fused-ring (bicyclic) bond motifs is 1. The summed E-state index contributed by atoms with van der Waals surface area (Å²) in [6.07, 6.45) is 4.35. The molecular weight excluding hydrogens is 152 g/mol. The van der Waals surface area contributed by atoms with Gasteiger partial charge in [-0.05, 0) is 30.3 Å². The van der Waals surface area contributed by atoms with Gasteiger partial charge in [0, 0.05) is 5.92 Å². The molecule has 1 fully saturated rings. The molecule has 2 atom stereocenters. The fraction of sp³-hybridized carbons (Fsp3) is 0.700. The van der Waals surface area contributed by atoms with Gasteiger partial charge in [0.15, 0.2) is 0 Å². The molecular formula is C10H14O2. The second kappa shape index (κ2) is 2.35. The summed E-state index contributed by atoms with van der Waals surface area (Å²) >= 11 is 0. The van der Waals surface area contributed by atoms with Crippen molar-refractivity contribution < 1.29 is 9.53 Å². The summed E-state index contributed by atoms with van der Waals surface area (Å²) in [5.41, 5.74) is 0.354. The van der Waals surface area contributed by atoms with E-state index in [0.717, 1.165) is 18.1 Å². The molecule has 2 unspecified atom stereocenters. The van der Waals surface area contributed by atoms with Gasteiger partial charge in [0.25, 0.3) is 6.47 Å². The number of carbonyl (C=O) groups is 1. The van der Waals surface area contributed by atoms with Crippen LogP contribution in [0.5, 0.6) is 0 Å². The van der Waals surface area contributed by atoms with Crippen LogP contribution in [0.1, 0.15) is 26.7 Å². The van der Waals surface area contributed by atoms with Crippen molar-refractivity contribution in [2.75, 3.05) is 0 Å². The Kier molecular flexibility index (Phi) is 1.53. The van der Waals surface area contributed by atoms with Crippen LogP contribution in [0.25, 0.3) is 0 Å². The molecule has 0 radical (unpaired) electrons. The van der Waals surface area contributed by atoms with E-state index in [2.05, 4.69) is 19.9 Å². The lowest BCUT2D eigenvalue weighted by atomic mass is 9.50. The molecule has 2 heteroatoms. The minimum atomic E-state index is 0.354. The first-order valence-electron chi connectivity index (χ1n) is 4.46. The molecule has 12 heavy (non-hydrogen) atoms. The van der Waals surface area contributed by atoms with Crippen molar-refractivity contribution in [2.24, 2.45) is 17.3 Å². The third kappa shape index (κ3) is 0.838. The molecule has 2 nitrogen and oxygen atoms in total. The van der Waals surface area contributed by atoms with Gasteiger partial charge in [0.1, 0.15) is 5.76 Å². The van der Waals surface area contributed by atoms with Gasteiger partial charge < -0.3 is 4.74 Å². The molecule has 3 aliphatic carbocycles. The predicted octanol–water partition coefficient (Wildman–Crippen LogP) is 2.11. The molecule has 2 bridgehead atoms. The lowest BCUT2D eigenvalue weighted by Crippen LogP contribution is -2.48. The second-order valence-corrected chi connectivity index (χ2v) is 4.36. The molecule has 0 aromatic heterocycles. The van der Waals surface area contributed by atoms with Crippen molar-refractivity contribution in [2.45, 2.75) is 26.7 Å². The van der Waals surface area contributed by atoms with Crippen molar-refractivity contribution in [3.05, 3.63) is 11.8 Å². The summed E-state index contributed by atoms with van der Waals surface area (Å²) in [5, 5.41) is 0. The summed E-state index contributed by atoms with van der Waals surface area (Å²) in [6, 6.07) is 0. The standard InChI is InChI=1S/C10H14O2/c1-10(2)7-3-4-9(12-6-11)8(10)5-7/h4,6-8H,3,5H2,1-2H3. The fourth-order valence-corrected chi connectivity index (χ4v) is 2.49. The van der Waals surface area contributed by atoms with Gasteiger partial charge in [-0.3, -0.25) is 4.79 Å². The molecule has 0 aromatic rings. The predicted molar refractivity (Wildman–Crippen MR) is 45.2 cm³/mol. The first-order chi connectivity index (χ1) is 5.66. The van der Waals surface area contributed by atoms with Crippen LogP contribution in [0.4, 0.5) is 0 Å². The summed E-state index contributed by atoms with van der Waals surface area (Å²) < 4.78 is 4.95. The number of carbonyl (C=O) groups excluding carboxylic acids is 1. The average molecular weight is 166 g/mol. The number of allylic oxidation sites excluding steroid dienone is 2. The van der Waals surface area contributed by atoms with E-state index in [1.807, 2.05) is 0 Å². The highest BCUT2D eigenvalue weighted by Crippen LogP contribution is 2.59. The van der Waals surface area contributed by atoms with Crippen LogP contribution in [0.2, 0.25) is 0 Å². The van der Waals surface area contributed by atoms with Crippen LogP contribution in [-0.4, -0.2) is 6.47 Å². The Morgan fingerprint density at radius 2 is 2.42 bits per heavy atom. The van der Waals surface area contributed by atoms with Crippen LogP contribution < -0.4 is 0 Å². The Bertz CT molecular complexity index is 240.